The molecule has 0 bridgehead atoms. The number of nitrogens with one attached hydrogen (secondary N) is 1. The maximum atomic E-state index is 12.3. The summed E-state index contributed by atoms with van der Waals surface area (Å²) < 4.78 is 0. The summed E-state index contributed by atoms with van der Waals surface area (Å²) in [6.45, 7) is 0. The zero-order chi connectivity index (χ0) is 16.9. The number of rotatable bonds is 5. The van der Waals surface area contributed by atoms with E-state index in [2.05, 4.69) is 5.32 Å². The molecule has 3 N–H and O–H groups in total. The number of carbonyl (C=O) groups excluding carboxylic acids is 2. The van der Waals surface area contributed by atoms with Gasteiger partial charge in [0.05, 0.1) is 6.42 Å². The summed E-state index contributed by atoms with van der Waals surface area (Å²) >= 11 is 0. The topological polar surface area (TPSA) is 72.2 Å². The Balaban J connectivity index is 1.74. The summed E-state index contributed by atoms with van der Waals surface area (Å²) in [4.78, 5) is 24.0. The van der Waals surface area contributed by atoms with Crippen LogP contribution in [0.3, 0.4) is 0 Å². The van der Waals surface area contributed by atoms with Crippen LogP contribution in [0.1, 0.15) is 17.2 Å². The predicted octanol–water partition coefficient (Wildman–Crippen LogP) is 2.73. The zero-order valence-electron chi connectivity index (χ0n) is 13.1. The van der Waals surface area contributed by atoms with Gasteiger partial charge in [-0.1, -0.05) is 72.8 Å². The second-order valence-electron chi connectivity index (χ2n) is 5.67. The van der Waals surface area contributed by atoms with Crippen LogP contribution >= 0.6 is 0 Å². The minimum atomic E-state index is -0.820. The predicted molar refractivity (Wildman–Crippen MR) is 94.2 cm³/mol. The van der Waals surface area contributed by atoms with E-state index in [9.17, 15) is 9.59 Å². The lowest BCUT2D eigenvalue weighted by atomic mass is 10.0. The van der Waals surface area contributed by atoms with Crippen LogP contribution in [0.4, 0.5) is 0 Å². The molecule has 4 heteroatoms. The highest BCUT2D eigenvalue weighted by Gasteiger charge is 2.19. The van der Waals surface area contributed by atoms with Crippen LogP contribution in [-0.2, 0) is 16.0 Å². The third-order valence-corrected chi connectivity index (χ3v) is 3.90. The van der Waals surface area contributed by atoms with Gasteiger partial charge in [-0.2, -0.15) is 0 Å². The summed E-state index contributed by atoms with van der Waals surface area (Å²) in [5.41, 5.74) is 7.00. The van der Waals surface area contributed by atoms with Gasteiger partial charge in [-0.25, -0.2) is 0 Å². The fourth-order valence-electron chi connectivity index (χ4n) is 2.71. The lowest BCUT2D eigenvalue weighted by molar-refractivity contribution is -0.127. The normalized spacial score (nSPS) is 11.8. The Hall–Kier alpha value is -3.14. The van der Waals surface area contributed by atoms with Crippen molar-refractivity contribution in [1.29, 1.82) is 0 Å². The number of amides is 2. The lowest BCUT2D eigenvalue weighted by Crippen LogP contribution is -2.38. The molecular weight excluding hydrogens is 300 g/mol. The first-order valence-electron chi connectivity index (χ1n) is 7.75. The molecule has 0 aliphatic rings. The van der Waals surface area contributed by atoms with Crippen molar-refractivity contribution in [2.75, 3.05) is 0 Å². The van der Waals surface area contributed by atoms with E-state index in [-0.39, 0.29) is 12.3 Å². The molecule has 2 amide bonds. The zero-order valence-corrected chi connectivity index (χ0v) is 13.1. The minimum absolute atomic E-state index is 0.196. The van der Waals surface area contributed by atoms with E-state index in [1.807, 2.05) is 48.5 Å². The Kier molecular flexibility index (Phi) is 4.57. The highest BCUT2D eigenvalue weighted by molar-refractivity contribution is 5.89. The Morgan fingerprint density at radius 2 is 1.54 bits per heavy atom. The van der Waals surface area contributed by atoms with E-state index in [0.29, 0.717) is 5.56 Å². The second-order valence-corrected chi connectivity index (χ2v) is 5.67. The van der Waals surface area contributed by atoms with E-state index in [4.69, 9.17) is 5.73 Å². The fourth-order valence-corrected chi connectivity index (χ4v) is 2.71. The molecule has 0 saturated heterocycles. The molecule has 0 aliphatic heterocycles. The van der Waals surface area contributed by atoms with Gasteiger partial charge in [0.1, 0.15) is 6.04 Å². The molecule has 0 fully saturated rings. The van der Waals surface area contributed by atoms with Gasteiger partial charge in [0, 0.05) is 0 Å². The average molecular weight is 318 g/mol. The van der Waals surface area contributed by atoms with E-state index >= 15 is 0 Å². The average Bonchev–Trinajstić information content (AvgIpc) is 2.60. The number of nitrogens with two attached hydrogens (primary N) is 1. The Morgan fingerprint density at radius 3 is 2.25 bits per heavy atom. The molecule has 3 aromatic rings. The summed E-state index contributed by atoms with van der Waals surface area (Å²) in [5, 5.41) is 4.92. The molecule has 0 radical (unpaired) electrons. The fraction of sp³-hybridized carbons (Fsp3) is 0.100. The van der Waals surface area contributed by atoms with E-state index in [0.717, 1.165) is 16.3 Å². The highest BCUT2D eigenvalue weighted by atomic mass is 16.2. The van der Waals surface area contributed by atoms with Gasteiger partial charge in [-0.05, 0) is 21.9 Å². The first-order chi connectivity index (χ1) is 11.6. The van der Waals surface area contributed by atoms with Crippen LogP contribution in [0.15, 0.2) is 72.8 Å². The number of hydrogen-bond acceptors (Lipinski definition) is 2. The standard InChI is InChI=1S/C20H18N2O2/c21-20(24)19(16-7-2-1-3-8-16)22-18(23)13-14-10-11-15-6-4-5-9-17(15)12-14/h1-12,19H,13H2,(H2,21,24)(H,22,23). The number of hydrogen-bond donors (Lipinski definition) is 2. The van der Waals surface area contributed by atoms with Crippen LogP contribution in [0.5, 0.6) is 0 Å². The van der Waals surface area contributed by atoms with Crippen LogP contribution in [0, 0.1) is 0 Å². The van der Waals surface area contributed by atoms with Gasteiger partial charge in [-0.3, -0.25) is 9.59 Å². The van der Waals surface area contributed by atoms with Gasteiger partial charge >= 0.3 is 0 Å². The maximum Gasteiger partial charge on any atom is 0.244 e. The van der Waals surface area contributed by atoms with Crippen molar-refractivity contribution in [2.45, 2.75) is 12.5 Å². The summed E-state index contributed by atoms with van der Waals surface area (Å²) in [6.07, 6.45) is 0.196. The van der Waals surface area contributed by atoms with Crippen molar-refractivity contribution >= 4 is 22.6 Å². The van der Waals surface area contributed by atoms with Crippen molar-refractivity contribution in [3.05, 3.63) is 83.9 Å². The second kappa shape index (κ2) is 6.96. The monoisotopic (exact) mass is 318 g/mol. The van der Waals surface area contributed by atoms with Gasteiger partial charge < -0.3 is 11.1 Å². The number of benzene rings is 3. The largest absolute Gasteiger partial charge is 0.368 e. The van der Waals surface area contributed by atoms with E-state index in [1.165, 1.54) is 0 Å². The molecule has 0 heterocycles. The SMILES string of the molecule is NC(=O)C(NC(=O)Cc1ccc2ccccc2c1)c1ccccc1. The minimum Gasteiger partial charge on any atom is -0.368 e. The first kappa shape index (κ1) is 15.7. The number of primary amides is 1. The molecule has 3 aromatic carbocycles. The summed E-state index contributed by atoms with van der Waals surface area (Å²) in [6, 6.07) is 22.0. The Bertz CT molecular complexity index is 875. The van der Waals surface area contributed by atoms with Crippen LogP contribution in [0.2, 0.25) is 0 Å². The van der Waals surface area contributed by atoms with Crippen LogP contribution < -0.4 is 11.1 Å². The van der Waals surface area contributed by atoms with E-state index in [1.54, 1.807) is 24.3 Å². The molecule has 0 saturated carbocycles. The molecule has 24 heavy (non-hydrogen) atoms. The van der Waals surface area contributed by atoms with Gasteiger partial charge in [-0.15, -0.1) is 0 Å². The molecule has 120 valence electrons. The molecular formula is C20H18N2O2. The summed E-state index contributed by atoms with van der Waals surface area (Å²) in [5.74, 6) is -0.814. The molecule has 4 nitrogen and oxygen atoms in total. The number of fused-ring (bicyclic) bond motifs is 1. The van der Waals surface area contributed by atoms with Crippen molar-refractivity contribution in [1.82, 2.24) is 5.32 Å². The quantitative estimate of drug-likeness (QED) is 0.759. The highest BCUT2D eigenvalue weighted by Crippen LogP contribution is 2.17. The number of carbonyl (C=O) groups is 2. The van der Waals surface area contributed by atoms with Crippen molar-refractivity contribution in [3.63, 3.8) is 0 Å². The molecule has 0 aliphatic carbocycles. The van der Waals surface area contributed by atoms with E-state index < -0.39 is 11.9 Å². The lowest BCUT2D eigenvalue weighted by Gasteiger charge is -2.16. The third kappa shape index (κ3) is 3.60. The van der Waals surface area contributed by atoms with Crippen LogP contribution in [0.25, 0.3) is 10.8 Å². The Morgan fingerprint density at radius 1 is 0.875 bits per heavy atom. The van der Waals surface area contributed by atoms with Crippen LogP contribution in [-0.4, -0.2) is 11.8 Å². The third-order valence-electron chi connectivity index (χ3n) is 3.90. The smallest absolute Gasteiger partial charge is 0.244 e. The molecule has 1 atom stereocenters. The van der Waals surface area contributed by atoms with Crippen molar-refractivity contribution in [3.8, 4) is 0 Å². The molecule has 0 spiro atoms. The first-order valence-corrected chi connectivity index (χ1v) is 7.75. The molecule has 0 aromatic heterocycles. The maximum absolute atomic E-state index is 12.3. The van der Waals surface area contributed by atoms with Crippen molar-refractivity contribution in [2.24, 2.45) is 5.73 Å². The van der Waals surface area contributed by atoms with Gasteiger partial charge in [0.25, 0.3) is 0 Å². The summed E-state index contributed by atoms with van der Waals surface area (Å²) in [7, 11) is 0. The van der Waals surface area contributed by atoms with Gasteiger partial charge in [0.15, 0.2) is 0 Å². The van der Waals surface area contributed by atoms with Crippen molar-refractivity contribution < 1.29 is 9.59 Å². The van der Waals surface area contributed by atoms with Gasteiger partial charge in [0.2, 0.25) is 11.8 Å². The Labute approximate surface area is 140 Å². The molecule has 1 unspecified atom stereocenters. The molecule has 3 rings (SSSR count).